The molecule has 0 amide bonds. The SMILES string of the molecule is COC(=O)c1c(C)oc2cc(C(=O)CCl)c(OC)cc12. The molecule has 2 rings (SSSR count). The smallest absolute Gasteiger partial charge is 0.342 e. The Hall–Kier alpha value is -2.01. The van der Waals surface area contributed by atoms with Crippen LogP contribution in [0.3, 0.4) is 0 Å². The quantitative estimate of drug-likeness (QED) is 0.493. The fourth-order valence-electron chi connectivity index (χ4n) is 2.06. The van der Waals surface area contributed by atoms with Gasteiger partial charge in [0.15, 0.2) is 5.78 Å². The summed E-state index contributed by atoms with van der Waals surface area (Å²) < 4.78 is 15.4. The number of alkyl halides is 1. The predicted molar refractivity (Wildman–Crippen MR) is 73.9 cm³/mol. The Kier molecular flexibility index (Phi) is 3.99. The molecule has 2 aromatic rings. The maximum absolute atomic E-state index is 11.8. The van der Waals surface area contributed by atoms with Crippen LogP contribution in [0.4, 0.5) is 0 Å². The normalized spacial score (nSPS) is 10.6. The van der Waals surface area contributed by atoms with Crippen LogP contribution in [-0.4, -0.2) is 31.9 Å². The molecule has 1 aromatic heterocycles. The van der Waals surface area contributed by atoms with Crippen LogP contribution in [0.5, 0.6) is 5.75 Å². The van der Waals surface area contributed by atoms with Crippen LogP contribution < -0.4 is 4.74 Å². The summed E-state index contributed by atoms with van der Waals surface area (Å²) >= 11 is 5.57. The minimum Gasteiger partial charge on any atom is -0.496 e. The highest BCUT2D eigenvalue weighted by molar-refractivity contribution is 6.31. The van der Waals surface area contributed by atoms with E-state index in [0.29, 0.717) is 33.6 Å². The number of esters is 1. The Morgan fingerprint density at radius 1 is 1.30 bits per heavy atom. The average molecular weight is 297 g/mol. The molecule has 0 bridgehead atoms. The van der Waals surface area contributed by atoms with Crippen LogP contribution >= 0.6 is 11.6 Å². The maximum atomic E-state index is 11.8. The summed E-state index contributed by atoms with van der Waals surface area (Å²) in [7, 11) is 2.74. The molecular formula is C14H13ClO5. The number of hydrogen-bond acceptors (Lipinski definition) is 5. The monoisotopic (exact) mass is 296 g/mol. The second kappa shape index (κ2) is 5.54. The largest absolute Gasteiger partial charge is 0.496 e. The fraction of sp³-hybridized carbons (Fsp3) is 0.286. The number of carbonyl (C=O) groups excluding carboxylic acids is 2. The minimum atomic E-state index is -0.500. The summed E-state index contributed by atoms with van der Waals surface area (Å²) in [6.07, 6.45) is 0. The number of carbonyl (C=O) groups is 2. The van der Waals surface area contributed by atoms with E-state index in [1.807, 2.05) is 0 Å². The highest BCUT2D eigenvalue weighted by Crippen LogP contribution is 2.32. The first-order valence-electron chi connectivity index (χ1n) is 5.82. The van der Waals surface area contributed by atoms with Crippen molar-refractivity contribution in [1.82, 2.24) is 0 Å². The number of fused-ring (bicyclic) bond motifs is 1. The number of rotatable bonds is 4. The van der Waals surface area contributed by atoms with E-state index in [0.717, 1.165) is 0 Å². The molecule has 0 aliphatic carbocycles. The number of halogens is 1. The van der Waals surface area contributed by atoms with Crippen molar-refractivity contribution in [3.63, 3.8) is 0 Å². The van der Waals surface area contributed by atoms with Crippen LogP contribution in [0.2, 0.25) is 0 Å². The number of benzene rings is 1. The highest BCUT2D eigenvalue weighted by Gasteiger charge is 2.22. The Morgan fingerprint density at radius 3 is 2.55 bits per heavy atom. The fourth-order valence-corrected chi connectivity index (χ4v) is 2.20. The Labute approximate surface area is 120 Å². The van der Waals surface area contributed by atoms with Gasteiger partial charge in [-0.1, -0.05) is 0 Å². The second-order valence-corrected chi connectivity index (χ2v) is 4.40. The van der Waals surface area contributed by atoms with Crippen molar-refractivity contribution in [2.75, 3.05) is 20.1 Å². The van der Waals surface area contributed by atoms with Crippen molar-refractivity contribution in [3.8, 4) is 5.75 Å². The summed E-state index contributed by atoms with van der Waals surface area (Å²) in [5, 5.41) is 0.539. The molecule has 5 nitrogen and oxygen atoms in total. The van der Waals surface area contributed by atoms with Gasteiger partial charge in [0.05, 0.1) is 25.7 Å². The lowest BCUT2D eigenvalue weighted by Gasteiger charge is -2.06. The molecule has 0 spiro atoms. The molecule has 1 aromatic carbocycles. The second-order valence-electron chi connectivity index (χ2n) is 4.13. The molecule has 0 aliphatic rings. The Balaban J connectivity index is 2.74. The lowest BCUT2D eigenvalue weighted by molar-refractivity contribution is 0.0600. The molecular weight excluding hydrogens is 284 g/mol. The number of Topliss-reactive ketones (excluding diaryl/α,β-unsaturated/α-hetero) is 1. The molecule has 20 heavy (non-hydrogen) atoms. The number of ether oxygens (including phenoxy) is 2. The first-order valence-corrected chi connectivity index (χ1v) is 6.35. The first kappa shape index (κ1) is 14.4. The predicted octanol–water partition coefficient (Wildman–Crippen LogP) is 2.96. The summed E-state index contributed by atoms with van der Waals surface area (Å²) in [5.41, 5.74) is 1.06. The minimum absolute atomic E-state index is 0.161. The van der Waals surface area contributed by atoms with E-state index in [-0.39, 0.29) is 11.7 Å². The van der Waals surface area contributed by atoms with E-state index in [2.05, 4.69) is 0 Å². The first-order chi connectivity index (χ1) is 9.53. The van der Waals surface area contributed by atoms with Gasteiger partial charge < -0.3 is 13.9 Å². The van der Waals surface area contributed by atoms with Crippen LogP contribution in [0.25, 0.3) is 11.0 Å². The molecule has 1 heterocycles. The third-order valence-electron chi connectivity index (χ3n) is 3.00. The van der Waals surface area contributed by atoms with Crippen molar-refractivity contribution in [3.05, 3.63) is 29.0 Å². The van der Waals surface area contributed by atoms with Gasteiger partial charge in [-0.3, -0.25) is 4.79 Å². The van der Waals surface area contributed by atoms with Gasteiger partial charge in [-0.15, -0.1) is 11.6 Å². The van der Waals surface area contributed by atoms with Crippen molar-refractivity contribution >= 4 is 34.3 Å². The molecule has 0 unspecified atom stereocenters. The zero-order chi connectivity index (χ0) is 14.9. The van der Waals surface area contributed by atoms with E-state index < -0.39 is 5.97 Å². The van der Waals surface area contributed by atoms with Gasteiger partial charge in [0.2, 0.25) is 0 Å². The van der Waals surface area contributed by atoms with Gasteiger partial charge in [0.25, 0.3) is 0 Å². The zero-order valence-corrected chi connectivity index (χ0v) is 12.0. The van der Waals surface area contributed by atoms with E-state index in [1.54, 1.807) is 13.0 Å². The number of aryl methyl sites for hydroxylation is 1. The van der Waals surface area contributed by atoms with E-state index in [1.165, 1.54) is 20.3 Å². The molecule has 0 saturated carbocycles. The van der Waals surface area contributed by atoms with Crippen molar-refractivity contribution in [1.29, 1.82) is 0 Å². The number of methoxy groups -OCH3 is 2. The molecule has 0 N–H and O–H groups in total. The van der Waals surface area contributed by atoms with Crippen LogP contribution in [0, 0.1) is 6.92 Å². The third-order valence-corrected chi connectivity index (χ3v) is 3.24. The maximum Gasteiger partial charge on any atom is 0.342 e. The van der Waals surface area contributed by atoms with E-state index >= 15 is 0 Å². The van der Waals surface area contributed by atoms with E-state index in [9.17, 15) is 9.59 Å². The standard InChI is InChI=1S/C14H13ClO5/c1-7-13(14(17)19-3)9-5-11(18-2)8(10(16)6-15)4-12(9)20-7/h4-5H,6H2,1-3H3. The van der Waals surface area contributed by atoms with Crippen molar-refractivity contribution in [2.45, 2.75) is 6.92 Å². The topological polar surface area (TPSA) is 65.7 Å². The molecule has 6 heteroatoms. The van der Waals surface area contributed by atoms with Crippen LogP contribution in [0.1, 0.15) is 26.5 Å². The van der Waals surface area contributed by atoms with Crippen molar-refractivity contribution < 1.29 is 23.5 Å². The Morgan fingerprint density at radius 2 is 2.00 bits per heavy atom. The zero-order valence-electron chi connectivity index (χ0n) is 11.3. The van der Waals surface area contributed by atoms with Crippen LogP contribution in [0.15, 0.2) is 16.5 Å². The summed E-state index contributed by atoms with van der Waals surface area (Å²) in [6.45, 7) is 1.65. The number of ketones is 1. The van der Waals surface area contributed by atoms with E-state index in [4.69, 9.17) is 25.5 Å². The molecule has 0 aliphatic heterocycles. The number of hydrogen-bond donors (Lipinski definition) is 0. The van der Waals surface area contributed by atoms with Gasteiger partial charge in [-0.05, 0) is 19.1 Å². The summed E-state index contributed by atoms with van der Waals surface area (Å²) in [4.78, 5) is 23.5. The molecule has 0 atom stereocenters. The summed E-state index contributed by atoms with van der Waals surface area (Å²) in [5.74, 6) is -0.178. The molecule has 106 valence electrons. The summed E-state index contributed by atoms with van der Waals surface area (Å²) in [6, 6.07) is 3.11. The lowest BCUT2D eigenvalue weighted by atomic mass is 10.1. The molecule has 0 radical (unpaired) electrons. The number of furan rings is 1. The van der Waals surface area contributed by atoms with Gasteiger partial charge in [-0.2, -0.15) is 0 Å². The van der Waals surface area contributed by atoms with Crippen LogP contribution in [-0.2, 0) is 4.74 Å². The average Bonchev–Trinajstić information content (AvgIpc) is 2.78. The molecule has 0 saturated heterocycles. The lowest BCUT2D eigenvalue weighted by Crippen LogP contribution is -2.04. The van der Waals surface area contributed by atoms with Gasteiger partial charge in [0, 0.05) is 5.39 Å². The highest BCUT2D eigenvalue weighted by atomic mass is 35.5. The third kappa shape index (κ3) is 2.25. The van der Waals surface area contributed by atoms with Gasteiger partial charge in [-0.25, -0.2) is 4.79 Å². The van der Waals surface area contributed by atoms with Crippen molar-refractivity contribution in [2.24, 2.45) is 0 Å². The van der Waals surface area contributed by atoms with Gasteiger partial charge in [0.1, 0.15) is 22.7 Å². The van der Waals surface area contributed by atoms with Gasteiger partial charge >= 0.3 is 5.97 Å². The Bertz CT molecular complexity index is 686. The molecule has 0 fully saturated rings.